The SMILES string of the molecule is CC(C)(C)C1CCC([C@@H]2NN[C@H](C3CCC(C4CCCCC4)CC3)N2C2CCCCC2)CC1. The van der Waals surface area contributed by atoms with E-state index in [1.807, 2.05) is 0 Å². The van der Waals surface area contributed by atoms with Gasteiger partial charge in [-0.1, -0.05) is 72.1 Å². The summed E-state index contributed by atoms with van der Waals surface area (Å²) in [4.78, 5) is 3.03. The molecule has 0 amide bonds. The number of hydrazine groups is 1. The average molecular weight is 458 g/mol. The molecule has 0 aromatic heterocycles. The maximum absolute atomic E-state index is 3.93. The largest absolute Gasteiger partial charge is 0.267 e. The van der Waals surface area contributed by atoms with E-state index in [1.165, 1.54) is 116 Å². The first-order valence-corrected chi connectivity index (χ1v) is 15.3. The van der Waals surface area contributed by atoms with E-state index < -0.39 is 0 Å². The molecule has 0 aromatic carbocycles. The molecule has 4 aliphatic carbocycles. The van der Waals surface area contributed by atoms with E-state index in [0.29, 0.717) is 17.7 Å². The summed E-state index contributed by atoms with van der Waals surface area (Å²) in [5.74, 6) is 4.71. The quantitative estimate of drug-likeness (QED) is 0.454. The van der Waals surface area contributed by atoms with Gasteiger partial charge >= 0.3 is 0 Å². The Morgan fingerprint density at radius 3 is 1.42 bits per heavy atom. The summed E-state index contributed by atoms with van der Waals surface area (Å²) >= 11 is 0. The molecule has 5 rings (SSSR count). The van der Waals surface area contributed by atoms with Crippen molar-refractivity contribution in [3.05, 3.63) is 0 Å². The Morgan fingerprint density at radius 2 is 0.909 bits per heavy atom. The lowest BCUT2D eigenvalue weighted by Gasteiger charge is -2.46. The Morgan fingerprint density at radius 1 is 0.485 bits per heavy atom. The van der Waals surface area contributed by atoms with Crippen molar-refractivity contribution in [2.24, 2.45) is 35.0 Å². The first-order chi connectivity index (χ1) is 16.0. The number of hydrogen-bond donors (Lipinski definition) is 2. The molecule has 1 saturated heterocycles. The monoisotopic (exact) mass is 457 g/mol. The maximum atomic E-state index is 3.93. The Bertz CT molecular complexity index is 584. The van der Waals surface area contributed by atoms with Gasteiger partial charge in [-0.3, -0.25) is 4.90 Å². The summed E-state index contributed by atoms with van der Waals surface area (Å²) in [5.41, 5.74) is 8.34. The van der Waals surface area contributed by atoms with Crippen molar-refractivity contribution in [1.82, 2.24) is 15.8 Å². The highest BCUT2D eigenvalue weighted by molar-refractivity contribution is 4.97. The minimum absolute atomic E-state index is 0.481. The van der Waals surface area contributed by atoms with Crippen LogP contribution >= 0.6 is 0 Å². The van der Waals surface area contributed by atoms with Crippen LogP contribution in [0.5, 0.6) is 0 Å². The molecule has 1 aliphatic heterocycles. The Kier molecular flexibility index (Phi) is 8.09. The fourth-order valence-electron chi connectivity index (χ4n) is 8.89. The highest BCUT2D eigenvalue weighted by Crippen LogP contribution is 2.45. The average Bonchev–Trinajstić information content (AvgIpc) is 3.30. The fraction of sp³-hybridized carbons (Fsp3) is 1.00. The van der Waals surface area contributed by atoms with Gasteiger partial charge in [-0.25, -0.2) is 10.9 Å². The van der Waals surface area contributed by atoms with Gasteiger partial charge in [-0.2, -0.15) is 0 Å². The van der Waals surface area contributed by atoms with Crippen LogP contribution in [-0.2, 0) is 0 Å². The van der Waals surface area contributed by atoms with Gasteiger partial charge < -0.3 is 0 Å². The lowest BCUT2D eigenvalue weighted by molar-refractivity contribution is 0.00752. The second kappa shape index (κ2) is 10.9. The standard InChI is InChI=1S/C30H55N3/c1-30(2,3)26-20-18-25(19-21-26)29-32-31-28(33(29)27-12-8-5-9-13-27)24-16-14-23(15-17-24)22-10-6-4-7-11-22/h22-29,31-32H,4-21H2,1-3H3/t23?,24?,25?,26?,28-,29+/m0/s1. The van der Waals surface area contributed by atoms with Gasteiger partial charge in [0, 0.05) is 6.04 Å². The van der Waals surface area contributed by atoms with Gasteiger partial charge in [-0.05, 0) is 99.2 Å². The normalized spacial score (nSPS) is 40.8. The summed E-state index contributed by atoms with van der Waals surface area (Å²) in [6, 6.07) is 0.813. The smallest absolute Gasteiger partial charge is 0.0773 e. The van der Waals surface area contributed by atoms with Crippen molar-refractivity contribution >= 4 is 0 Å². The summed E-state index contributed by atoms with van der Waals surface area (Å²) in [6.45, 7) is 7.38. The Labute approximate surface area is 205 Å². The van der Waals surface area contributed by atoms with Crippen LogP contribution in [0.2, 0.25) is 0 Å². The van der Waals surface area contributed by atoms with Crippen molar-refractivity contribution < 1.29 is 0 Å². The van der Waals surface area contributed by atoms with E-state index in [1.54, 1.807) is 0 Å². The molecule has 0 radical (unpaired) electrons. The van der Waals surface area contributed by atoms with Crippen molar-refractivity contribution in [2.75, 3.05) is 0 Å². The number of nitrogens with zero attached hydrogens (tertiary/aromatic N) is 1. The van der Waals surface area contributed by atoms with Gasteiger partial charge in [0.25, 0.3) is 0 Å². The molecular formula is C30H55N3. The second-order valence-corrected chi connectivity index (χ2v) is 14.0. The third-order valence-corrected chi connectivity index (χ3v) is 11.0. The molecule has 0 unspecified atom stereocenters. The minimum Gasteiger partial charge on any atom is -0.267 e. The topological polar surface area (TPSA) is 27.3 Å². The molecule has 0 aromatic rings. The molecule has 0 spiro atoms. The van der Waals surface area contributed by atoms with Crippen LogP contribution in [0, 0.1) is 35.0 Å². The van der Waals surface area contributed by atoms with Crippen LogP contribution in [0.4, 0.5) is 0 Å². The Hall–Kier alpha value is -0.120. The zero-order valence-corrected chi connectivity index (χ0v) is 22.3. The molecule has 3 heteroatoms. The van der Waals surface area contributed by atoms with Crippen LogP contribution in [-0.4, -0.2) is 23.3 Å². The molecule has 0 bridgehead atoms. The van der Waals surface area contributed by atoms with Crippen LogP contribution in [0.15, 0.2) is 0 Å². The molecule has 3 nitrogen and oxygen atoms in total. The molecule has 4 saturated carbocycles. The minimum atomic E-state index is 0.481. The van der Waals surface area contributed by atoms with Gasteiger partial charge in [0.15, 0.2) is 0 Å². The van der Waals surface area contributed by atoms with E-state index in [9.17, 15) is 0 Å². The molecule has 1 heterocycles. The molecule has 2 atom stereocenters. The predicted octanol–water partition coefficient (Wildman–Crippen LogP) is 7.62. The van der Waals surface area contributed by atoms with E-state index in [2.05, 4.69) is 36.5 Å². The zero-order valence-electron chi connectivity index (χ0n) is 22.3. The number of hydrogen-bond acceptors (Lipinski definition) is 3. The zero-order chi connectivity index (χ0) is 22.8. The lowest BCUT2D eigenvalue weighted by Crippen LogP contribution is -2.53. The van der Waals surface area contributed by atoms with Crippen LogP contribution in [0.25, 0.3) is 0 Å². The van der Waals surface area contributed by atoms with Crippen LogP contribution in [0.1, 0.15) is 136 Å². The van der Waals surface area contributed by atoms with E-state index in [4.69, 9.17) is 0 Å². The summed E-state index contributed by atoms with van der Waals surface area (Å²) < 4.78 is 0. The van der Waals surface area contributed by atoms with Crippen LogP contribution in [0.3, 0.4) is 0 Å². The first kappa shape index (κ1) is 24.6. The summed E-state index contributed by atoms with van der Waals surface area (Å²) in [6.07, 6.45) is 27.6. The summed E-state index contributed by atoms with van der Waals surface area (Å²) in [5, 5.41) is 0. The first-order valence-electron chi connectivity index (χ1n) is 15.3. The lowest BCUT2D eigenvalue weighted by atomic mass is 9.69. The Balaban J connectivity index is 1.23. The van der Waals surface area contributed by atoms with Gasteiger partial charge in [0.05, 0.1) is 12.3 Å². The van der Waals surface area contributed by atoms with E-state index in [-0.39, 0.29) is 0 Å². The predicted molar refractivity (Wildman–Crippen MR) is 139 cm³/mol. The third-order valence-electron chi connectivity index (χ3n) is 11.0. The van der Waals surface area contributed by atoms with E-state index in [0.717, 1.165) is 35.6 Å². The summed E-state index contributed by atoms with van der Waals surface area (Å²) in [7, 11) is 0. The van der Waals surface area contributed by atoms with Gasteiger partial charge in [0.2, 0.25) is 0 Å². The highest BCUT2D eigenvalue weighted by atomic mass is 15.6. The molecule has 33 heavy (non-hydrogen) atoms. The number of rotatable bonds is 4. The molecule has 190 valence electrons. The molecule has 2 N–H and O–H groups in total. The van der Waals surface area contributed by atoms with Crippen molar-refractivity contribution in [1.29, 1.82) is 0 Å². The molecular weight excluding hydrogens is 402 g/mol. The second-order valence-electron chi connectivity index (χ2n) is 14.0. The fourth-order valence-corrected chi connectivity index (χ4v) is 8.89. The molecule has 5 aliphatic rings. The van der Waals surface area contributed by atoms with Crippen LogP contribution < -0.4 is 10.9 Å². The van der Waals surface area contributed by atoms with Gasteiger partial charge in [0.1, 0.15) is 0 Å². The highest BCUT2D eigenvalue weighted by Gasteiger charge is 2.46. The van der Waals surface area contributed by atoms with Gasteiger partial charge in [-0.15, -0.1) is 0 Å². The molecule has 5 fully saturated rings. The maximum Gasteiger partial charge on any atom is 0.0773 e. The number of nitrogens with one attached hydrogen (secondary N) is 2. The third kappa shape index (κ3) is 5.67. The van der Waals surface area contributed by atoms with Crippen molar-refractivity contribution in [3.63, 3.8) is 0 Å². The van der Waals surface area contributed by atoms with Crippen molar-refractivity contribution in [3.8, 4) is 0 Å². The van der Waals surface area contributed by atoms with Crippen molar-refractivity contribution in [2.45, 2.75) is 155 Å². The van der Waals surface area contributed by atoms with E-state index >= 15 is 0 Å².